The van der Waals surface area contributed by atoms with E-state index in [-0.39, 0.29) is 17.0 Å². The highest BCUT2D eigenvalue weighted by Crippen LogP contribution is 2.41. The molecule has 0 radical (unpaired) electrons. The molecule has 3 aromatic rings. The summed E-state index contributed by atoms with van der Waals surface area (Å²) in [5.74, 6) is -2.74. The number of carbonyl (C=O) groups excluding carboxylic acids is 2. The van der Waals surface area contributed by atoms with Crippen LogP contribution in [0.2, 0.25) is 0 Å². The summed E-state index contributed by atoms with van der Waals surface area (Å²) >= 11 is 0. The first kappa shape index (κ1) is 16.7. The smallest absolute Gasteiger partial charge is 0.294 e. The van der Waals surface area contributed by atoms with Gasteiger partial charge in [0.2, 0.25) is 5.78 Å². The molecule has 3 heterocycles. The molecule has 1 atom stereocenters. The SMILES string of the molecule is O=C(C1=C(O)C(=O)N(c2cccc(F)c2)C1c1ccccn1)c1ccco1. The first-order chi connectivity index (χ1) is 13.1. The van der Waals surface area contributed by atoms with Crippen molar-refractivity contribution < 1.29 is 23.5 Å². The summed E-state index contributed by atoms with van der Waals surface area (Å²) in [4.78, 5) is 31.0. The third kappa shape index (κ3) is 2.79. The van der Waals surface area contributed by atoms with Gasteiger partial charge in [0, 0.05) is 11.9 Å². The van der Waals surface area contributed by atoms with E-state index in [0.717, 1.165) is 11.0 Å². The zero-order valence-electron chi connectivity index (χ0n) is 13.9. The van der Waals surface area contributed by atoms with Crippen LogP contribution >= 0.6 is 0 Å². The predicted octanol–water partition coefficient (Wildman–Crippen LogP) is 3.60. The lowest BCUT2D eigenvalue weighted by molar-refractivity contribution is -0.117. The number of ketones is 1. The Morgan fingerprint density at radius 3 is 2.67 bits per heavy atom. The van der Waals surface area contributed by atoms with Gasteiger partial charge in [0.25, 0.3) is 5.91 Å². The standard InChI is InChI=1S/C20H13FN2O4/c21-12-5-3-6-13(11-12)23-17(14-7-1-2-9-22-14)16(19(25)20(23)26)18(24)15-8-4-10-27-15/h1-11,17,25H. The molecule has 1 unspecified atom stereocenters. The van der Waals surface area contributed by atoms with Gasteiger partial charge in [0.15, 0.2) is 11.5 Å². The van der Waals surface area contributed by atoms with Crippen LogP contribution in [0.1, 0.15) is 22.3 Å². The summed E-state index contributed by atoms with van der Waals surface area (Å²) < 4.78 is 18.9. The number of amides is 1. The number of hydrogen-bond acceptors (Lipinski definition) is 5. The Morgan fingerprint density at radius 2 is 2.00 bits per heavy atom. The molecular formula is C20H13FN2O4. The number of carbonyl (C=O) groups is 2. The minimum atomic E-state index is -1.02. The number of nitrogens with zero attached hydrogens (tertiary/aromatic N) is 2. The fourth-order valence-electron chi connectivity index (χ4n) is 3.09. The number of anilines is 1. The van der Waals surface area contributed by atoms with E-state index < -0.39 is 29.3 Å². The molecule has 7 heteroatoms. The first-order valence-corrected chi connectivity index (χ1v) is 8.09. The van der Waals surface area contributed by atoms with Crippen molar-refractivity contribution in [3.63, 3.8) is 0 Å². The van der Waals surface area contributed by atoms with E-state index in [0.29, 0.717) is 5.69 Å². The van der Waals surface area contributed by atoms with Crippen molar-refractivity contribution in [3.05, 3.63) is 95.7 Å². The van der Waals surface area contributed by atoms with E-state index in [4.69, 9.17) is 4.42 Å². The lowest BCUT2D eigenvalue weighted by Gasteiger charge is -2.25. The summed E-state index contributed by atoms with van der Waals surface area (Å²) in [6.45, 7) is 0. The minimum Gasteiger partial charge on any atom is -0.503 e. The third-order valence-corrected chi connectivity index (χ3v) is 4.25. The molecule has 1 aliphatic rings. The van der Waals surface area contributed by atoms with Gasteiger partial charge >= 0.3 is 0 Å². The number of aromatic nitrogens is 1. The number of furan rings is 1. The Bertz CT molecular complexity index is 1040. The maximum Gasteiger partial charge on any atom is 0.294 e. The van der Waals surface area contributed by atoms with E-state index in [1.54, 1.807) is 18.2 Å². The van der Waals surface area contributed by atoms with E-state index in [1.807, 2.05) is 0 Å². The van der Waals surface area contributed by atoms with Crippen molar-refractivity contribution in [3.8, 4) is 0 Å². The molecule has 1 aliphatic heterocycles. The number of aliphatic hydroxyl groups is 1. The molecule has 6 nitrogen and oxygen atoms in total. The lowest BCUT2D eigenvalue weighted by Crippen LogP contribution is -2.31. The maximum atomic E-state index is 13.7. The van der Waals surface area contributed by atoms with Crippen molar-refractivity contribution in [1.29, 1.82) is 0 Å². The van der Waals surface area contributed by atoms with Crippen molar-refractivity contribution in [2.75, 3.05) is 4.90 Å². The summed E-state index contributed by atoms with van der Waals surface area (Å²) in [5.41, 5.74) is 0.386. The van der Waals surface area contributed by atoms with Crippen molar-refractivity contribution in [2.24, 2.45) is 0 Å². The molecule has 0 fully saturated rings. The fourth-order valence-corrected chi connectivity index (χ4v) is 3.09. The van der Waals surface area contributed by atoms with Gasteiger partial charge in [0.1, 0.15) is 11.9 Å². The van der Waals surface area contributed by atoms with Gasteiger partial charge in [-0.15, -0.1) is 0 Å². The molecule has 134 valence electrons. The van der Waals surface area contributed by atoms with Crippen LogP contribution in [0, 0.1) is 5.82 Å². The van der Waals surface area contributed by atoms with E-state index in [2.05, 4.69) is 4.98 Å². The average Bonchev–Trinajstić information content (AvgIpc) is 3.30. The second-order valence-corrected chi connectivity index (χ2v) is 5.88. The first-order valence-electron chi connectivity index (χ1n) is 8.09. The monoisotopic (exact) mass is 364 g/mol. The zero-order valence-corrected chi connectivity index (χ0v) is 13.9. The Kier molecular flexibility index (Phi) is 4.04. The fraction of sp³-hybridized carbons (Fsp3) is 0.0500. The van der Waals surface area contributed by atoms with Gasteiger partial charge in [-0.1, -0.05) is 12.1 Å². The van der Waals surface area contributed by atoms with Crippen LogP contribution in [-0.2, 0) is 4.79 Å². The van der Waals surface area contributed by atoms with Crippen LogP contribution in [0.3, 0.4) is 0 Å². The van der Waals surface area contributed by atoms with Crippen LogP contribution in [0.5, 0.6) is 0 Å². The molecule has 0 bridgehead atoms. The topological polar surface area (TPSA) is 83.6 Å². The second kappa shape index (κ2) is 6.53. The summed E-state index contributed by atoms with van der Waals surface area (Å²) in [7, 11) is 0. The summed E-state index contributed by atoms with van der Waals surface area (Å²) in [5, 5.41) is 10.5. The van der Waals surface area contributed by atoms with Gasteiger partial charge in [-0.25, -0.2) is 4.39 Å². The Labute approximate surface area is 153 Å². The Balaban J connectivity index is 1.89. The van der Waals surface area contributed by atoms with Gasteiger partial charge in [0.05, 0.1) is 17.5 Å². The van der Waals surface area contributed by atoms with Crippen molar-refractivity contribution in [2.45, 2.75) is 6.04 Å². The van der Waals surface area contributed by atoms with Gasteiger partial charge in [-0.3, -0.25) is 19.5 Å². The van der Waals surface area contributed by atoms with Gasteiger partial charge < -0.3 is 9.52 Å². The molecule has 1 aromatic carbocycles. The van der Waals surface area contributed by atoms with Crippen LogP contribution in [0.4, 0.5) is 10.1 Å². The molecule has 0 saturated heterocycles. The highest BCUT2D eigenvalue weighted by Gasteiger charge is 2.45. The number of Topliss-reactive ketones (excluding diaryl/α,β-unsaturated/α-hetero) is 1. The van der Waals surface area contributed by atoms with Crippen LogP contribution in [0.15, 0.2) is 82.8 Å². The number of benzene rings is 1. The molecule has 1 N–H and O–H groups in total. The predicted molar refractivity (Wildman–Crippen MR) is 93.6 cm³/mol. The van der Waals surface area contributed by atoms with Crippen LogP contribution < -0.4 is 4.90 Å². The maximum absolute atomic E-state index is 13.7. The van der Waals surface area contributed by atoms with Crippen molar-refractivity contribution >= 4 is 17.4 Å². The Hall–Kier alpha value is -3.74. The van der Waals surface area contributed by atoms with E-state index >= 15 is 0 Å². The average molecular weight is 364 g/mol. The molecule has 0 aliphatic carbocycles. The van der Waals surface area contributed by atoms with E-state index in [9.17, 15) is 19.1 Å². The number of pyridine rings is 1. The highest BCUT2D eigenvalue weighted by molar-refractivity contribution is 6.20. The van der Waals surface area contributed by atoms with Gasteiger partial charge in [-0.05, 0) is 42.5 Å². The third-order valence-electron chi connectivity index (χ3n) is 4.25. The lowest BCUT2D eigenvalue weighted by atomic mass is 9.98. The Morgan fingerprint density at radius 1 is 1.15 bits per heavy atom. The largest absolute Gasteiger partial charge is 0.503 e. The number of halogens is 1. The van der Waals surface area contributed by atoms with E-state index in [1.165, 1.54) is 42.8 Å². The molecular weight excluding hydrogens is 351 g/mol. The number of hydrogen-bond donors (Lipinski definition) is 1. The normalized spacial score (nSPS) is 16.9. The zero-order chi connectivity index (χ0) is 19.0. The molecule has 0 spiro atoms. The minimum absolute atomic E-state index is 0.0219. The van der Waals surface area contributed by atoms with Crippen LogP contribution in [-0.4, -0.2) is 21.8 Å². The highest BCUT2D eigenvalue weighted by atomic mass is 19.1. The number of rotatable bonds is 4. The molecule has 2 aromatic heterocycles. The van der Waals surface area contributed by atoms with Gasteiger partial charge in [-0.2, -0.15) is 0 Å². The van der Waals surface area contributed by atoms with Crippen molar-refractivity contribution in [1.82, 2.24) is 4.98 Å². The summed E-state index contributed by atoms with van der Waals surface area (Å²) in [6.07, 6.45) is 2.83. The second-order valence-electron chi connectivity index (χ2n) is 5.88. The molecule has 27 heavy (non-hydrogen) atoms. The molecule has 1 amide bonds. The quantitative estimate of drug-likeness (QED) is 0.715. The summed E-state index contributed by atoms with van der Waals surface area (Å²) in [6, 6.07) is 12.3. The number of aliphatic hydroxyl groups excluding tert-OH is 1. The molecule has 0 saturated carbocycles. The molecule has 4 rings (SSSR count). The van der Waals surface area contributed by atoms with Crippen LogP contribution in [0.25, 0.3) is 0 Å².